The lowest BCUT2D eigenvalue weighted by Gasteiger charge is -2.44. The van der Waals surface area contributed by atoms with Crippen LogP contribution in [0, 0.1) is 11.8 Å². The normalized spacial score (nSPS) is 21.3. The molecule has 0 saturated heterocycles. The average Bonchev–Trinajstić information content (AvgIpc) is 2.66. The van der Waals surface area contributed by atoms with Crippen molar-refractivity contribution in [1.82, 2.24) is 0 Å². The van der Waals surface area contributed by atoms with Crippen molar-refractivity contribution in [3.05, 3.63) is 60.7 Å². The third kappa shape index (κ3) is 4.09. The van der Waals surface area contributed by atoms with Crippen molar-refractivity contribution >= 4 is 24.5 Å². The molecule has 0 N–H and O–H groups in total. The highest BCUT2D eigenvalue weighted by Crippen LogP contribution is 2.38. The van der Waals surface area contributed by atoms with E-state index in [-0.39, 0.29) is 11.0 Å². The summed E-state index contributed by atoms with van der Waals surface area (Å²) in [6.07, 6.45) is 2.75. The number of hydrogen-bond donors (Lipinski definition) is 0. The summed E-state index contributed by atoms with van der Waals surface area (Å²) in [5.74, 6) is 0.960. The molecule has 2 aromatic carbocycles. The zero-order valence-electron chi connectivity index (χ0n) is 17.1. The Kier molecular flexibility index (Phi) is 6.02. The smallest absolute Gasteiger partial charge is 0.261 e. The molecule has 144 valence electrons. The van der Waals surface area contributed by atoms with Crippen LogP contribution in [-0.2, 0) is 9.22 Å². The highest BCUT2D eigenvalue weighted by atomic mass is 28.4. The van der Waals surface area contributed by atoms with Gasteiger partial charge in [-0.25, -0.2) is 0 Å². The topological polar surface area (TPSA) is 26.3 Å². The third-order valence-corrected chi connectivity index (χ3v) is 11.0. The van der Waals surface area contributed by atoms with Gasteiger partial charge >= 0.3 is 0 Å². The van der Waals surface area contributed by atoms with Crippen LogP contribution in [0.5, 0.6) is 0 Å². The van der Waals surface area contributed by atoms with Gasteiger partial charge in [-0.2, -0.15) is 0 Å². The second-order valence-electron chi connectivity index (χ2n) is 8.99. The van der Waals surface area contributed by atoms with E-state index in [0.29, 0.717) is 24.7 Å². The van der Waals surface area contributed by atoms with E-state index in [1.807, 2.05) is 0 Å². The first-order valence-corrected chi connectivity index (χ1v) is 12.0. The van der Waals surface area contributed by atoms with E-state index in [2.05, 4.69) is 88.4 Å². The Balaban J connectivity index is 1.98. The molecule has 0 radical (unpaired) electrons. The van der Waals surface area contributed by atoms with Gasteiger partial charge in [-0.15, -0.1) is 0 Å². The number of rotatable bonds is 5. The fourth-order valence-electron chi connectivity index (χ4n) is 4.38. The molecule has 2 unspecified atom stereocenters. The van der Waals surface area contributed by atoms with Gasteiger partial charge in [0.05, 0.1) is 0 Å². The lowest BCUT2D eigenvalue weighted by Crippen LogP contribution is -2.67. The van der Waals surface area contributed by atoms with E-state index in [0.717, 1.165) is 12.8 Å². The first kappa shape index (κ1) is 20.0. The number of benzene rings is 2. The number of carbonyl (C=O) groups is 1. The third-order valence-electron chi connectivity index (χ3n) is 6.00. The molecule has 1 fully saturated rings. The molecule has 1 saturated carbocycles. The Labute approximate surface area is 165 Å². The van der Waals surface area contributed by atoms with E-state index in [4.69, 9.17) is 4.43 Å². The van der Waals surface area contributed by atoms with Crippen LogP contribution in [0.15, 0.2) is 60.7 Å². The summed E-state index contributed by atoms with van der Waals surface area (Å²) in [6, 6.07) is 21.5. The monoisotopic (exact) mass is 380 g/mol. The Bertz CT molecular complexity index is 709. The van der Waals surface area contributed by atoms with Gasteiger partial charge < -0.3 is 4.43 Å². The minimum absolute atomic E-state index is 0.0122. The second kappa shape index (κ2) is 8.11. The van der Waals surface area contributed by atoms with Crippen LogP contribution in [0.4, 0.5) is 0 Å². The van der Waals surface area contributed by atoms with Crippen LogP contribution in [0.1, 0.15) is 47.0 Å². The van der Waals surface area contributed by atoms with Crippen LogP contribution < -0.4 is 10.4 Å². The molecule has 0 heterocycles. The van der Waals surface area contributed by atoms with Gasteiger partial charge in [-0.1, -0.05) is 88.4 Å². The van der Waals surface area contributed by atoms with E-state index in [1.54, 1.807) is 0 Å². The highest BCUT2D eigenvalue weighted by Gasteiger charge is 2.50. The van der Waals surface area contributed by atoms with Crippen LogP contribution in [0.3, 0.4) is 0 Å². The Morgan fingerprint density at radius 3 is 1.89 bits per heavy atom. The summed E-state index contributed by atoms with van der Waals surface area (Å²) in [5, 5.41) is 2.60. The van der Waals surface area contributed by atoms with E-state index in [9.17, 15) is 4.79 Å². The van der Waals surface area contributed by atoms with Gasteiger partial charge in [0, 0.05) is 18.9 Å². The predicted octanol–water partition coefficient (Wildman–Crippen LogP) is 4.57. The second-order valence-corrected chi connectivity index (χ2v) is 13.3. The summed E-state index contributed by atoms with van der Waals surface area (Å²) in [6.45, 7) is 9.63. The number of Topliss-reactive ketones (excluding diaryl/α,β-unsaturated/α-hetero) is 1. The molecule has 27 heavy (non-hydrogen) atoms. The standard InChI is InChI=1S/C24H32O2Si/c1-19-15-16-20(17-23(19)25)18-26-27(24(2,3)4,21-11-7-5-8-12-21)22-13-9-6-10-14-22/h5-14,19-20H,15-18H2,1-4H3. The highest BCUT2D eigenvalue weighted by molar-refractivity contribution is 6.99. The van der Waals surface area contributed by atoms with Crippen molar-refractivity contribution < 1.29 is 9.22 Å². The van der Waals surface area contributed by atoms with Gasteiger partial charge in [0.2, 0.25) is 0 Å². The SMILES string of the molecule is CC1CCC(CO[Si](c2ccccc2)(c2ccccc2)C(C)(C)C)CC1=O. The predicted molar refractivity (Wildman–Crippen MR) is 115 cm³/mol. The molecule has 2 aromatic rings. The molecule has 1 aliphatic rings. The first-order valence-electron chi connectivity index (χ1n) is 10.1. The molecule has 1 aliphatic carbocycles. The van der Waals surface area contributed by atoms with E-state index >= 15 is 0 Å². The molecule has 0 spiro atoms. The zero-order chi connectivity index (χ0) is 19.5. The van der Waals surface area contributed by atoms with Gasteiger partial charge in [0.25, 0.3) is 8.32 Å². The van der Waals surface area contributed by atoms with Crippen molar-refractivity contribution in [2.75, 3.05) is 6.61 Å². The number of hydrogen-bond acceptors (Lipinski definition) is 2. The number of ketones is 1. The van der Waals surface area contributed by atoms with E-state index < -0.39 is 8.32 Å². The minimum atomic E-state index is -2.48. The molecule has 3 heteroatoms. The maximum atomic E-state index is 12.2. The molecule has 0 aromatic heterocycles. The summed E-state index contributed by atoms with van der Waals surface area (Å²) < 4.78 is 6.98. The summed E-state index contributed by atoms with van der Waals surface area (Å²) in [5.41, 5.74) is 0. The van der Waals surface area contributed by atoms with Crippen LogP contribution >= 0.6 is 0 Å². The molecule has 0 aliphatic heterocycles. The summed E-state index contributed by atoms with van der Waals surface area (Å²) >= 11 is 0. The lowest BCUT2D eigenvalue weighted by atomic mass is 9.82. The molecule has 0 bridgehead atoms. The van der Waals surface area contributed by atoms with E-state index in [1.165, 1.54) is 10.4 Å². The van der Waals surface area contributed by atoms with Crippen LogP contribution in [-0.4, -0.2) is 20.7 Å². The number of carbonyl (C=O) groups excluding carboxylic acids is 1. The largest absolute Gasteiger partial charge is 0.407 e. The van der Waals surface area contributed by atoms with Gasteiger partial charge in [-0.3, -0.25) is 4.79 Å². The molecule has 2 atom stereocenters. The van der Waals surface area contributed by atoms with Crippen molar-refractivity contribution in [3.63, 3.8) is 0 Å². The molecule has 0 amide bonds. The first-order chi connectivity index (χ1) is 12.8. The maximum absolute atomic E-state index is 12.2. The lowest BCUT2D eigenvalue weighted by molar-refractivity contribution is -0.125. The summed E-state index contributed by atoms with van der Waals surface area (Å²) in [4.78, 5) is 12.2. The van der Waals surface area contributed by atoms with Crippen molar-refractivity contribution in [1.29, 1.82) is 0 Å². The van der Waals surface area contributed by atoms with Crippen LogP contribution in [0.25, 0.3) is 0 Å². The Morgan fingerprint density at radius 2 is 1.44 bits per heavy atom. The fourth-order valence-corrected chi connectivity index (χ4v) is 9.02. The molecular weight excluding hydrogens is 348 g/mol. The molecule has 3 rings (SSSR count). The summed E-state index contributed by atoms with van der Waals surface area (Å²) in [7, 11) is -2.48. The van der Waals surface area contributed by atoms with Crippen molar-refractivity contribution in [2.24, 2.45) is 11.8 Å². The quantitative estimate of drug-likeness (QED) is 0.710. The Morgan fingerprint density at radius 1 is 0.926 bits per heavy atom. The van der Waals surface area contributed by atoms with Crippen molar-refractivity contribution in [3.8, 4) is 0 Å². The fraction of sp³-hybridized carbons (Fsp3) is 0.458. The molecular formula is C24H32O2Si. The van der Waals surface area contributed by atoms with Gasteiger partial charge in [0.1, 0.15) is 5.78 Å². The Hall–Kier alpha value is -1.71. The maximum Gasteiger partial charge on any atom is 0.261 e. The van der Waals surface area contributed by atoms with Crippen molar-refractivity contribution in [2.45, 2.75) is 52.0 Å². The minimum Gasteiger partial charge on any atom is -0.407 e. The average molecular weight is 381 g/mol. The zero-order valence-corrected chi connectivity index (χ0v) is 18.1. The van der Waals surface area contributed by atoms with Gasteiger partial charge in [0.15, 0.2) is 0 Å². The molecule has 2 nitrogen and oxygen atoms in total. The van der Waals surface area contributed by atoms with Gasteiger partial charge in [-0.05, 0) is 34.2 Å². The van der Waals surface area contributed by atoms with Crippen LogP contribution in [0.2, 0.25) is 5.04 Å².